The van der Waals surface area contributed by atoms with Crippen LogP contribution in [0.25, 0.3) is 0 Å². The molecular weight excluding hydrogens is 290 g/mol. The Bertz CT molecular complexity index is 309. The van der Waals surface area contributed by atoms with Crippen molar-refractivity contribution in [2.45, 2.75) is 109 Å². The molecule has 1 aliphatic heterocycles. The third kappa shape index (κ3) is 10.7. The molecule has 2 N–H and O–H groups in total. The fourth-order valence-corrected chi connectivity index (χ4v) is 3.22. The normalized spacial score (nSPS) is 21.2. The van der Waals surface area contributed by atoms with Crippen LogP contribution in [0.3, 0.4) is 0 Å². The Labute approximate surface area is 142 Å². The summed E-state index contributed by atoms with van der Waals surface area (Å²) in [6.07, 6.45) is 14.3. The zero-order valence-corrected chi connectivity index (χ0v) is 15.2. The Kier molecular flexibility index (Phi) is 11.3. The molecule has 0 radical (unpaired) electrons. The first-order chi connectivity index (χ1) is 11.2. The van der Waals surface area contributed by atoms with Crippen molar-refractivity contribution in [3.63, 3.8) is 0 Å². The van der Waals surface area contributed by atoms with Crippen LogP contribution in [-0.2, 0) is 9.53 Å². The summed E-state index contributed by atoms with van der Waals surface area (Å²) in [7, 11) is 1.45. The quantitative estimate of drug-likeness (QED) is 0.271. The minimum Gasteiger partial charge on any atom is -0.469 e. The smallest absolute Gasteiger partial charge is 0.305 e. The summed E-state index contributed by atoms with van der Waals surface area (Å²) >= 11 is 0. The second-order valence-electron chi connectivity index (χ2n) is 7.00. The number of hydrogen-bond acceptors (Lipinski definition) is 4. The molecule has 2 unspecified atom stereocenters. The van der Waals surface area contributed by atoms with Crippen molar-refractivity contribution in [2.24, 2.45) is 0 Å². The molecular formula is C19H37NO3. The lowest BCUT2D eigenvalue weighted by molar-refractivity contribution is -0.140. The zero-order valence-electron chi connectivity index (χ0n) is 15.2. The molecule has 0 saturated carbocycles. The van der Waals surface area contributed by atoms with Crippen LogP contribution in [0.5, 0.6) is 0 Å². The van der Waals surface area contributed by atoms with Crippen LogP contribution in [0.1, 0.15) is 90.4 Å². The lowest BCUT2D eigenvalue weighted by Crippen LogP contribution is -2.11. The third-order valence-corrected chi connectivity index (χ3v) is 4.85. The van der Waals surface area contributed by atoms with E-state index in [1.165, 1.54) is 52.1 Å². The maximum atomic E-state index is 11.0. The minimum atomic E-state index is -0.118. The number of carbonyl (C=O) groups excluding carboxylic acids is 1. The number of nitrogens with one attached hydrogen (secondary N) is 1. The van der Waals surface area contributed by atoms with Crippen LogP contribution in [0.15, 0.2) is 0 Å². The molecule has 23 heavy (non-hydrogen) atoms. The summed E-state index contributed by atoms with van der Waals surface area (Å²) in [5, 5.41) is 13.5. The van der Waals surface area contributed by atoms with Gasteiger partial charge in [-0.25, -0.2) is 0 Å². The number of unbranched alkanes of at least 4 members (excludes halogenated alkanes) is 7. The van der Waals surface area contributed by atoms with Crippen molar-refractivity contribution in [1.82, 2.24) is 5.32 Å². The summed E-state index contributed by atoms with van der Waals surface area (Å²) in [6.45, 7) is 2.22. The summed E-state index contributed by atoms with van der Waals surface area (Å²) < 4.78 is 4.63. The van der Waals surface area contributed by atoms with Gasteiger partial charge in [0.05, 0.1) is 13.2 Å². The highest BCUT2D eigenvalue weighted by Gasteiger charge is 2.36. The number of aliphatic hydroxyl groups excluding tert-OH is 1. The molecule has 1 heterocycles. The first-order valence-corrected chi connectivity index (χ1v) is 9.68. The SMILES string of the molecule is CCCCCC[C@@H](O)CC1NC1CCCCCCCC(=O)OC. The molecule has 0 bridgehead atoms. The largest absolute Gasteiger partial charge is 0.469 e. The monoisotopic (exact) mass is 327 g/mol. The molecule has 1 rings (SSSR count). The summed E-state index contributed by atoms with van der Waals surface area (Å²) in [5.74, 6) is -0.0942. The summed E-state index contributed by atoms with van der Waals surface area (Å²) in [6, 6.07) is 1.19. The fraction of sp³-hybridized carbons (Fsp3) is 0.947. The predicted octanol–water partition coefficient (Wildman–Crippen LogP) is 3.95. The number of carbonyl (C=O) groups is 1. The molecule has 4 nitrogen and oxygen atoms in total. The van der Waals surface area contributed by atoms with Crippen molar-refractivity contribution in [2.75, 3.05) is 7.11 Å². The molecule has 0 amide bonds. The first kappa shape index (κ1) is 20.4. The number of esters is 1. The lowest BCUT2D eigenvalue weighted by Gasteiger charge is -2.09. The van der Waals surface area contributed by atoms with Crippen molar-refractivity contribution in [3.05, 3.63) is 0 Å². The van der Waals surface area contributed by atoms with Gasteiger partial charge in [-0.2, -0.15) is 0 Å². The van der Waals surface area contributed by atoms with Gasteiger partial charge < -0.3 is 15.2 Å². The molecule has 4 heteroatoms. The van der Waals surface area contributed by atoms with E-state index in [0.717, 1.165) is 32.1 Å². The summed E-state index contributed by atoms with van der Waals surface area (Å²) in [4.78, 5) is 11.0. The highest BCUT2D eigenvalue weighted by Crippen LogP contribution is 2.24. The van der Waals surface area contributed by atoms with Crippen LogP contribution in [0.4, 0.5) is 0 Å². The Morgan fingerprint density at radius 2 is 1.74 bits per heavy atom. The van der Waals surface area contributed by atoms with E-state index >= 15 is 0 Å². The molecule has 3 atom stereocenters. The second-order valence-corrected chi connectivity index (χ2v) is 7.00. The molecule has 0 aromatic carbocycles. The van der Waals surface area contributed by atoms with Crippen LogP contribution in [0, 0.1) is 0 Å². The van der Waals surface area contributed by atoms with E-state index < -0.39 is 0 Å². The van der Waals surface area contributed by atoms with Crippen LogP contribution >= 0.6 is 0 Å². The average Bonchev–Trinajstić information content (AvgIpc) is 3.28. The van der Waals surface area contributed by atoms with Gasteiger partial charge in [0, 0.05) is 18.5 Å². The minimum absolute atomic E-state index is 0.0942. The highest BCUT2D eigenvalue weighted by molar-refractivity contribution is 5.68. The predicted molar refractivity (Wildman–Crippen MR) is 94.4 cm³/mol. The summed E-state index contributed by atoms with van der Waals surface area (Å²) in [5.41, 5.74) is 0. The van der Waals surface area contributed by atoms with E-state index in [2.05, 4.69) is 17.0 Å². The van der Waals surface area contributed by atoms with Crippen molar-refractivity contribution in [1.29, 1.82) is 0 Å². The lowest BCUT2D eigenvalue weighted by atomic mass is 10.0. The van der Waals surface area contributed by atoms with Crippen molar-refractivity contribution >= 4 is 5.97 Å². The van der Waals surface area contributed by atoms with Gasteiger partial charge in [0.15, 0.2) is 0 Å². The zero-order chi connectivity index (χ0) is 16.9. The van der Waals surface area contributed by atoms with Crippen molar-refractivity contribution in [3.8, 4) is 0 Å². The van der Waals surface area contributed by atoms with Gasteiger partial charge in [-0.3, -0.25) is 4.79 Å². The van der Waals surface area contributed by atoms with Gasteiger partial charge in [-0.1, -0.05) is 58.3 Å². The maximum Gasteiger partial charge on any atom is 0.305 e. The molecule has 1 saturated heterocycles. The van der Waals surface area contributed by atoms with Gasteiger partial charge >= 0.3 is 5.97 Å². The maximum absolute atomic E-state index is 11.0. The number of aliphatic hydroxyl groups is 1. The standard InChI is InChI=1S/C19H37NO3/c1-3-4-5-9-12-16(21)15-18-17(20-18)13-10-7-6-8-11-14-19(22)23-2/h16-18,20-21H,3-15H2,1-2H3/t16-,17?,18?/m1/s1. The second kappa shape index (κ2) is 12.8. The van der Waals surface area contributed by atoms with Gasteiger partial charge in [-0.05, 0) is 25.7 Å². The van der Waals surface area contributed by atoms with Gasteiger partial charge in [0.25, 0.3) is 0 Å². The van der Waals surface area contributed by atoms with E-state index in [1.807, 2.05) is 0 Å². The molecule has 1 aliphatic rings. The average molecular weight is 328 g/mol. The number of methoxy groups -OCH3 is 1. The Balaban J connectivity index is 1.86. The first-order valence-electron chi connectivity index (χ1n) is 9.68. The van der Waals surface area contributed by atoms with Crippen molar-refractivity contribution < 1.29 is 14.6 Å². The van der Waals surface area contributed by atoms with E-state index in [-0.39, 0.29) is 12.1 Å². The molecule has 0 spiro atoms. The van der Waals surface area contributed by atoms with Gasteiger partial charge in [0.2, 0.25) is 0 Å². The topological polar surface area (TPSA) is 68.5 Å². The number of rotatable bonds is 15. The molecule has 1 fully saturated rings. The Morgan fingerprint density at radius 3 is 2.48 bits per heavy atom. The molecule has 0 aromatic heterocycles. The Hall–Kier alpha value is -0.610. The van der Waals surface area contributed by atoms with Gasteiger partial charge in [0.1, 0.15) is 0 Å². The highest BCUT2D eigenvalue weighted by atomic mass is 16.5. The van der Waals surface area contributed by atoms with Crippen LogP contribution in [0.2, 0.25) is 0 Å². The van der Waals surface area contributed by atoms with E-state index in [0.29, 0.717) is 18.5 Å². The molecule has 0 aliphatic carbocycles. The number of hydrogen-bond donors (Lipinski definition) is 2. The van der Waals surface area contributed by atoms with Crippen LogP contribution < -0.4 is 5.32 Å². The van der Waals surface area contributed by atoms with E-state index in [1.54, 1.807) is 0 Å². The molecule has 136 valence electrons. The van der Waals surface area contributed by atoms with Gasteiger partial charge in [-0.15, -0.1) is 0 Å². The fourth-order valence-electron chi connectivity index (χ4n) is 3.22. The third-order valence-electron chi connectivity index (χ3n) is 4.85. The van der Waals surface area contributed by atoms with Crippen LogP contribution in [-0.4, -0.2) is 36.4 Å². The Morgan fingerprint density at radius 1 is 1.04 bits per heavy atom. The molecule has 0 aromatic rings. The van der Waals surface area contributed by atoms with E-state index in [4.69, 9.17) is 0 Å². The number of ether oxygens (including phenoxy) is 1. The van der Waals surface area contributed by atoms with E-state index in [9.17, 15) is 9.90 Å².